The second kappa shape index (κ2) is 7.98. The Hall–Kier alpha value is -1.92. The van der Waals surface area contributed by atoms with Crippen LogP contribution in [0.25, 0.3) is 10.8 Å². The molecule has 1 N–H and O–H groups in total. The molecular formula is C19H22Cl2N2O4. The van der Waals surface area contributed by atoms with Gasteiger partial charge < -0.3 is 9.84 Å². The van der Waals surface area contributed by atoms with Crippen molar-refractivity contribution in [3.05, 3.63) is 32.5 Å². The van der Waals surface area contributed by atoms with Gasteiger partial charge in [-0.1, -0.05) is 36.5 Å². The molecule has 1 amide bonds. The minimum absolute atomic E-state index is 0.237. The summed E-state index contributed by atoms with van der Waals surface area (Å²) in [5.41, 5.74) is -0.290. The number of ether oxygens (including phenoxy) is 1. The second-order valence-corrected chi connectivity index (χ2v) is 7.68. The van der Waals surface area contributed by atoms with Gasteiger partial charge in [-0.15, -0.1) is 0 Å². The fraction of sp³-hybridized carbons (Fsp3) is 0.474. The molecule has 1 heterocycles. The molecule has 6 nitrogen and oxygen atoms in total. The summed E-state index contributed by atoms with van der Waals surface area (Å²) in [4.78, 5) is 25.9. The first-order chi connectivity index (χ1) is 12.8. The number of carboxylic acid groups (broad SMARTS) is 1. The second-order valence-electron chi connectivity index (χ2n) is 6.87. The van der Waals surface area contributed by atoms with Crippen LogP contribution in [0.2, 0.25) is 10.0 Å². The molecule has 1 aromatic heterocycles. The van der Waals surface area contributed by atoms with Gasteiger partial charge in [0.15, 0.2) is 11.6 Å². The molecule has 0 saturated heterocycles. The SMILES string of the molecule is CCCCOc1c(N(C)C(=O)O)n(CC2CC2)c(=O)c2cc(Cl)c(Cl)cc12. The molecule has 0 atom stereocenters. The van der Waals surface area contributed by atoms with E-state index in [1.54, 1.807) is 6.07 Å². The Kier molecular flexibility index (Phi) is 5.86. The predicted molar refractivity (Wildman–Crippen MR) is 108 cm³/mol. The van der Waals surface area contributed by atoms with E-state index >= 15 is 0 Å². The summed E-state index contributed by atoms with van der Waals surface area (Å²) in [5.74, 6) is 0.955. The van der Waals surface area contributed by atoms with Crippen molar-refractivity contribution in [1.82, 2.24) is 4.57 Å². The number of halogens is 2. The van der Waals surface area contributed by atoms with Gasteiger partial charge in [0.2, 0.25) is 0 Å². The van der Waals surface area contributed by atoms with Crippen LogP contribution in [0.5, 0.6) is 5.75 Å². The summed E-state index contributed by atoms with van der Waals surface area (Å²) in [7, 11) is 1.41. The van der Waals surface area contributed by atoms with Crippen molar-refractivity contribution in [2.24, 2.45) is 5.92 Å². The fourth-order valence-corrected chi connectivity index (χ4v) is 3.34. The zero-order valence-corrected chi connectivity index (χ0v) is 16.8. The topological polar surface area (TPSA) is 71.8 Å². The number of fused-ring (bicyclic) bond motifs is 1. The van der Waals surface area contributed by atoms with E-state index in [4.69, 9.17) is 27.9 Å². The van der Waals surface area contributed by atoms with Crippen LogP contribution in [-0.2, 0) is 6.54 Å². The number of nitrogens with zero attached hydrogens (tertiary/aromatic N) is 2. The molecule has 1 fully saturated rings. The first-order valence-corrected chi connectivity index (χ1v) is 9.75. The number of benzene rings is 1. The quantitative estimate of drug-likeness (QED) is 0.648. The summed E-state index contributed by atoms with van der Waals surface area (Å²) in [5, 5.41) is 11.0. The van der Waals surface area contributed by atoms with Gasteiger partial charge in [0.05, 0.1) is 22.0 Å². The maximum Gasteiger partial charge on any atom is 0.412 e. The average Bonchev–Trinajstić information content (AvgIpc) is 3.44. The molecule has 1 aromatic carbocycles. The zero-order valence-electron chi connectivity index (χ0n) is 15.3. The maximum atomic E-state index is 13.2. The van der Waals surface area contributed by atoms with Crippen molar-refractivity contribution in [2.45, 2.75) is 39.2 Å². The molecular weight excluding hydrogens is 391 g/mol. The standard InChI is InChI=1S/C19H22Cl2N2O4/c1-3-4-7-27-16-12-8-14(20)15(21)9-13(12)18(24)23(10-11-5-6-11)17(16)22(2)19(25)26/h8-9,11H,3-7,10H2,1-2H3,(H,25,26). The van der Waals surface area contributed by atoms with E-state index in [1.165, 1.54) is 17.7 Å². The fourth-order valence-electron chi connectivity index (χ4n) is 3.01. The summed E-state index contributed by atoms with van der Waals surface area (Å²) >= 11 is 12.3. The van der Waals surface area contributed by atoms with Gasteiger partial charge in [0.25, 0.3) is 5.56 Å². The Balaban J connectivity index is 2.32. The predicted octanol–water partition coefficient (Wildman–Crippen LogP) is 5.01. The highest BCUT2D eigenvalue weighted by Crippen LogP contribution is 2.40. The Bertz CT molecular complexity index is 938. The largest absolute Gasteiger partial charge is 0.489 e. The third-order valence-electron chi connectivity index (χ3n) is 4.73. The van der Waals surface area contributed by atoms with Crippen LogP contribution < -0.4 is 15.2 Å². The Labute approximate surface area is 167 Å². The molecule has 0 radical (unpaired) electrons. The minimum atomic E-state index is -1.17. The van der Waals surface area contributed by atoms with Gasteiger partial charge in [0.1, 0.15) is 0 Å². The number of amides is 1. The molecule has 0 bridgehead atoms. The van der Waals surface area contributed by atoms with Crippen LogP contribution >= 0.6 is 23.2 Å². The van der Waals surface area contributed by atoms with Gasteiger partial charge in [-0.2, -0.15) is 0 Å². The number of hydrogen-bond acceptors (Lipinski definition) is 3. The lowest BCUT2D eigenvalue weighted by molar-refractivity contribution is 0.202. The lowest BCUT2D eigenvalue weighted by Gasteiger charge is -2.24. The monoisotopic (exact) mass is 412 g/mol. The summed E-state index contributed by atoms with van der Waals surface area (Å²) in [6.45, 7) is 2.90. The molecule has 0 spiro atoms. The Morgan fingerprint density at radius 2 is 1.93 bits per heavy atom. The molecule has 27 heavy (non-hydrogen) atoms. The van der Waals surface area contributed by atoms with Gasteiger partial charge in [-0.05, 0) is 37.3 Å². The minimum Gasteiger partial charge on any atom is -0.489 e. The molecule has 0 aliphatic heterocycles. The van der Waals surface area contributed by atoms with E-state index in [9.17, 15) is 14.7 Å². The first-order valence-electron chi connectivity index (χ1n) is 9.00. The number of anilines is 1. The van der Waals surface area contributed by atoms with E-state index in [0.29, 0.717) is 35.6 Å². The maximum absolute atomic E-state index is 13.2. The normalized spacial score (nSPS) is 13.8. The summed E-state index contributed by atoms with van der Waals surface area (Å²) in [6.07, 6.45) is 2.61. The molecule has 0 unspecified atom stereocenters. The highest BCUT2D eigenvalue weighted by Gasteiger charge is 2.29. The van der Waals surface area contributed by atoms with Crippen molar-refractivity contribution in [3.8, 4) is 5.75 Å². The highest BCUT2D eigenvalue weighted by molar-refractivity contribution is 6.42. The van der Waals surface area contributed by atoms with Gasteiger partial charge in [-0.3, -0.25) is 14.3 Å². The van der Waals surface area contributed by atoms with Crippen LogP contribution in [0, 0.1) is 5.92 Å². The van der Waals surface area contributed by atoms with Crippen LogP contribution in [-0.4, -0.2) is 29.4 Å². The van der Waals surface area contributed by atoms with E-state index in [2.05, 4.69) is 0 Å². The smallest absolute Gasteiger partial charge is 0.412 e. The van der Waals surface area contributed by atoms with Crippen molar-refractivity contribution >= 4 is 45.9 Å². The van der Waals surface area contributed by atoms with Crippen LogP contribution in [0.3, 0.4) is 0 Å². The van der Waals surface area contributed by atoms with Gasteiger partial charge in [-0.25, -0.2) is 4.79 Å². The summed E-state index contributed by atoms with van der Waals surface area (Å²) in [6, 6.07) is 3.10. The van der Waals surface area contributed by atoms with E-state index in [1.807, 2.05) is 6.92 Å². The van der Waals surface area contributed by atoms with Crippen molar-refractivity contribution in [2.75, 3.05) is 18.6 Å². The third-order valence-corrected chi connectivity index (χ3v) is 5.45. The zero-order chi connectivity index (χ0) is 19.7. The molecule has 1 aliphatic rings. The molecule has 1 aliphatic carbocycles. The Morgan fingerprint density at radius 1 is 1.30 bits per heavy atom. The van der Waals surface area contributed by atoms with E-state index in [-0.39, 0.29) is 21.4 Å². The third kappa shape index (κ3) is 4.01. The van der Waals surface area contributed by atoms with Crippen molar-refractivity contribution < 1.29 is 14.6 Å². The first kappa shape index (κ1) is 19.8. The van der Waals surface area contributed by atoms with Crippen molar-refractivity contribution in [3.63, 3.8) is 0 Å². The molecule has 3 rings (SSSR count). The number of hydrogen-bond donors (Lipinski definition) is 1. The molecule has 8 heteroatoms. The average molecular weight is 413 g/mol. The summed E-state index contributed by atoms with van der Waals surface area (Å²) < 4.78 is 7.49. The van der Waals surface area contributed by atoms with E-state index < -0.39 is 6.09 Å². The molecule has 146 valence electrons. The van der Waals surface area contributed by atoms with Gasteiger partial charge in [0, 0.05) is 19.0 Å². The van der Waals surface area contributed by atoms with Crippen LogP contribution in [0.4, 0.5) is 10.6 Å². The number of rotatable bonds is 7. The van der Waals surface area contributed by atoms with Crippen LogP contribution in [0.1, 0.15) is 32.6 Å². The molecule has 1 saturated carbocycles. The molecule has 2 aromatic rings. The van der Waals surface area contributed by atoms with Gasteiger partial charge >= 0.3 is 6.09 Å². The lowest BCUT2D eigenvalue weighted by atomic mass is 10.1. The number of unbranched alkanes of at least 4 members (excludes halogenated alkanes) is 1. The highest BCUT2D eigenvalue weighted by atomic mass is 35.5. The van der Waals surface area contributed by atoms with Crippen molar-refractivity contribution in [1.29, 1.82) is 0 Å². The van der Waals surface area contributed by atoms with E-state index in [0.717, 1.165) is 30.6 Å². The number of aromatic nitrogens is 1. The number of pyridine rings is 1. The number of carbonyl (C=O) groups is 1. The lowest BCUT2D eigenvalue weighted by Crippen LogP contribution is -2.33. The van der Waals surface area contributed by atoms with Crippen LogP contribution in [0.15, 0.2) is 16.9 Å². The Morgan fingerprint density at radius 3 is 2.48 bits per heavy atom.